The summed E-state index contributed by atoms with van der Waals surface area (Å²) in [6.07, 6.45) is 0. The quantitative estimate of drug-likeness (QED) is 0.681. The van der Waals surface area contributed by atoms with E-state index in [2.05, 4.69) is 20.4 Å². The van der Waals surface area contributed by atoms with E-state index in [0.717, 1.165) is 10.7 Å². The molecule has 6 nitrogen and oxygen atoms in total. The molecule has 2 heterocycles. The van der Waals surface area contributed by atoms with Crippen LogP contribution in [0.5, 0.6) is 0 Å². The van der Waals surface area contributed by atoms with E-state index in [1.807, 2.05) is 19.9 Å². The van der Waals surface area contributed by atoms with E-state index >= 15 is 0 Å². The molecule has 2 aromatic heterocycles. The molecule has 0 bridgehead atoms. The average Bonchev–Trinajstić information content (AvgIpc) is 2.71. The maximum Gasteiger partial charge on any atom is 0.236 e. The van der Waals surface area contributed by atoms with Gasteiger partial charge in [-0.3, -0.25) is 4.79 Å². The van der Waals surface area contributed by atoms with Crippen LogP contribution in [0.25, 0.3) is 0 Å². The highest BCUT2D eigenvalue weighted by Gasteiger charge is 2.08. The number of thioether (sulfide) groups is 1. The molecule has 100 valence electrons. The molecule has 0 aliphatic carbocycles. The molecule has 0 aliphatic heterocycles. The Morgan fingerprint density at radius 1 is 1.32 bits per heavy atom. The summed E-state index contributed by atoms with van der Waals surface area (Å²) in [7, 11) is 0. The molecule has 0 radical (unpaired) electrons. The molecule has 2 rings (SSSR count). The Balaban J connectivity index is 1.89. The zero-order valence-electron chi connectivity index (χ0n) is 10.9. The van der Waals surface area contributed by atoms with Gasteiger partial charge in [-0.1, -0.05) is 16.9 Å². The molecular weight excluding hydrogens is 264 g/mol. The number of carbonyl (C=O) groups is 1. The number of amides is 1. The van der Waals surface area contributed by atoms with Crippen molar-refractivity contribution in [2.45, 2.75) is 25.8 Å². The summed E-state index contributed by atoms with van der Waals surface area (Å²) in [5.41, 5.74) is 0.891. The van der Waals surface area contributed by atoms with E-state index in [1.54, 1.807) is 13.0 Å². The van der Waals surface area contributed by atoms with Crippen LogP contribution in [0.1, 0.15) is 17.3 Å². The average molecular weight is 278 g/mol. The number of nitrogens with one attached hydrogen (secondary N) is 1. The van der Waals surface area contributed by atoms with Crippen LogP contribution in [-0.2, 0) is 4.79 Å². The number of carbonyl (C=O) groups excluding carboxylic acids is 1. The van der Waals surface area contributed by atoms with Crippen molar-refractivity contribution in [1.29, 1.82) is 0 Å². The third-order valence-corrected chi connectivity index (χ3v) is 3.10. The molecule has 7 heteroatoms. The van der Waals surface area contributed by atoms with Crippen LogP contribution in [-0.4, -0.2) is 26.8 Å². The van der Waals surface area contributed by atoms with Crippen molar-refractivity contribution < 1.29 is 9.32 Å². The molecule has 0 aromatic carbocycles. The lowest BCUT2D eigenvalue weighted by molar-refractivity contribution is -0.113. The van der Waals surface area contributed by atoms with Crippen LogP contribution in [0.3, 0.4) is 0 Å². The van der Waals surface area contributed by atoms with Crippen molar-refractivity contribution in [2.75, 3.05) is 11.1 Å². The van der Waals surface area contributed by atoms with Crippen LogP contribution < -0.4 is 5.32 Å². The molecule has 1 amide bonds. The number of rotatable bonds is 4. The highest BCUT2D eigenvalue weighted by molar-refractivity contribution is 7.99. The summed E-state index contributed by atoms with van der Waals surface area (Å²) in [5.74, 6) is 1.91. The molecule has 0 saturated carbocycles. The van der Waals surface area contributed by atoms with Crippen LogP contribution in [0, 0.1) is 20.8 Å². The Morgan fingerprint density at radius 3 is 2.74 bits per heavy atom. The number of anilines is 1. The zero-order chi connectivity index (χ0) is 13.8. The largest absolute Gasteiger partial charge is 0.360 e. The van der Waals surface area contributed by atoms with Crippen molar-refractivity contribution in [3.8, 4) is 0 Å². The fourth-order valence-corrected chi connectivity index (χ4v) is 2.30. The maximum absolute atomic E-state index is 11.7. The van der Waals surface area contributed by atoms with Crippen LogP contribution in [0.4, 0.5) is 5.82 Å². The Bertz CT molecular complexity index is 577. The number of aryl methyl sites for hydroxylation is 3. The predicted octanol–water partition coefficient (Wildman–Crippen LogP) is 2.12. The van der Waals surface area contributed by atoms with Crippen molar-refractivity contribution in [3.05, 3.63) is 29.4 Å². The second-order valence-electron chi connectivity index (χ2n) is 4.05. The number of nitrogens with zero attached hydrogens (tertiary/aromatic N) is 3. The molecule has 2 aromatic rings. The van der Waals surface area contributed by atoms with Gasteiger partial charge in [0.1, 0.15) is 16.6 Å². The standard InChI is InChI=1S/C12H14N4O2S/c1-7-4-12(14-9(3)13-7)19-6-11(17)15-10-5-8(2)18-16-10/h4-5H,6H2,1-3H3,(H,15,16,17). The Kier molecular flexibility index (Phi) is 4.16. The molecule has 0 saturated heterocycles. The third-order valence-electron chi connectivity index (χ3n) is 2.19. The summed E-state index contributed by atoms with van der Waals surface area (Å²) in [4.78, 5) is 20.1. The lowest BCUT2D eigenvalue weighted by Gasteiger charge is -2.03. The minimum atomic E-state index is -0.146. The lowest BCUT2D eigenvalue weighted by Crippen LogP contribution is -2.14. The SMILES string of the molecule is Cc1cc(SCC(=O)Nc2cc(C)on2)nc(C)n1. The summed E-state index contributed by atoms with van der Waals surface area (Å²) >= 11 is 1.36. The van der Waals surface area contributed by atoms with E-state index in [1.165, 1.54) is 11.8 Å². The van der Waals surface area contributed by atoms with Gasteiger partial charge >= 0.3 is 0 Å². The van der Waals surface area contributed by atoms with Crippen molar-refractivity contribution >= 4 is 23.5 Å². The van der Waals surface area contributed by atoms with Gasteiger partial charge in [0.05, 0.1) is 5.75 Å². The second-order valence-corrected chi connectivity index (χ2v) is 5.05. The highest BCUT2D eigenvalue weighted by Crippen LogP contribution is 2.16. The monoisotopic (exact) mass is 278 g/mol. The summed E-state index contributed by atoms with van der Waals surface area (Å²) in [6, 6.07) is 3.52. The van der Waals surface area contributed by atoms with Gasteiger partial charge in [-0.2, -0.15) is 0 Å². The molecule has 0 atom stereocenters. The Hall–Kier alpha value is -1.89. The van der Waals surface area contributed by atoms with Crippen molar-refractivity contribution in [3.63, 3.8) is 0 Å². The van der Waals surface area contributed by atoms with Gasteiger partial charge < -0.3 is 9.84 Å². The first-order chi connectivity index (χ1) is 9.02. The maximum atomic E-state index is 11.7. The summed E-state index contributed by atoms with van der Waals surface area (Å²) in [6.45, 7) is 5.50. The first-order valence-electron chi connectivity index (χ1n) is 5.71. The van der Waals surface area contributed by atoms with Gasteiger partial charge in [0.15, 0.2) is 5.82 Å². The fraction of sp³-hybridized carbons (Fsp3) is 0.333. The van der Waals surface area contributed by atoms with Gasteiger partial charge in [0.25, 0.3) is 0 Å². The molecule has 1 N–H and O–H groups in total. The minimum absolute atomic E-state index is 0.146. The van der Waals surface area contributed by atoms with Crippen molar-refractivity contribution in [2.24, 2.45) is 0 Å². The third kappa shape index (κ3) is 4.06. The van der Waals surface area contributed by atoms with Gasteiger partial charge in [-0.25, -0.2) is 9.97 Å². The van der Waals surface area contributed by atoms with Crippen LogP contribution >= 0.6 is 11.8 Å². The molecule has 0 aliphatic rings. The van der Waals surface area contributed by atoms with Crippen LogP contribution in [0.2, 0.25) is 0 Å². The molecule has 0 spiro atoms. The fourth-order valence-electron chi connectivity index (χ4n) is 1.50. The Morgan fingerprint density at radius 2 is 2.11 bits per heavy atom. The van der Waals surface area contributed by atoms with E-state index in [0.29, 0.717) is 17.4 Å². The first kappa shape index (κ1) is 13.5. The normalized spacial score (nSPS) is 10.5. The zero-order valence-corrected chi connectivity index (χ0v) is 11.7. The number of hydrogen-bond donors (Lipinski definition) is 1. The highest BCUT2D eigenvalue weighted by atomic mass is 32.2. The number of hydrogen-bond acceptors (Lipinski definition) is 6. The van der Waals surface area contributed by atoms with E-state index in [9.17, 15) is 4.79 Å². The second kappa shape index (κ2) is 5.83. The van der Waals surface area contributed by atoms with Crippen LogP contribution in [0.15, 0.2) is 21.7 Å². The van der Waals surface area contributed by atoms with Gasteiger partial charge in [0, 0.05) is 11.8 Å². The molecule has 19 heavy (non-hydrogen) atoms. The Labute approximate surface area is 115 Å². The summed E-state index contributed by atoms with van der Waals surface area (Å²) in [5, 5.41) is 7.14. The topological polar surface area (TPSA) is 80.9 Å². The lowest BCUT2D eigenvalue weighted by atomic mass is 10.4. The number of aromatic nitrogens is 3. The molecule has 0 unspecified atom stereocenters. The van der Waals surface area contributed by atoms with Crippen molar-refractivity contribution in [1.82, 2.24) is 15.1 Å². The van der Waals surface area contributed by atoms with E-state index in [4.69, 9.17) is 4.52 Å². The molecule has 0 fully saturated rings. The van der Waals surface area contributed by atoms with E-state index < -0.39 is 0 Å². The van der Waals surface area contributed by atoms with E-state index in [-0.39, 0.29) is 11.7 Å². The van der Waals surface area contributed by atoms with Gasteiger partial charge in [-0.05, 0) is 26.8 Å². The van der Waals surface area contributed by atoms with Gasteiger partial charge in [-0.15, -0.1) is 0 Å². The smallest absolute Gasteiger partial charge is 0.236 e. The summed E-state index contributed by atoms with van der Waals surface area (Å²) < 4.78 is 4.87. The minimum Gasteiger partial charge on any atom is -0.360 e. The molecular formula is C12H14N4O2S. The first-order valence-corrected chi connectivity index (χ1v) is 6.70. The predicted molar refractivity (Wildman–Crippen MR) is 72.1 cm³/mol. The van der Waals surface area contributed by atoms with Gasteiger partial charge in [0.2, 0.25) is 5.91 Å².